The van der Waals surface area contributed by atoms with Crippen LogP contribution in [0.15, 0.2) is 70.7 Å². The van der Waals surface area contributed by atoms with E-state index in [9.17, 15) is 19.8 Å². The quantitative estimate of drug-likeness (QED) is 0.0908. The number of aromatic nitrogens is 4. The van der Waals surface area contributed by atoms with Crippen molar-refractivity contribution in [3.8, 4) is 33.3 Å². The number of nitrogens with one attached hydrogen (secondary N) is 1. The molecule has 2 fully saturated rings. The zero-order valence-electron chi connectivity index (χ0n) is 35.2. The lowest BCUT2D eigenvalue weighted by atomic mass is 9.91. The molecule has 2 aliphatic heterocycles. The summed E-state index contributed by atoms with van der Waals surface area (Å²) in [5.74, 6) is -0.106. The number of nitrogens with zero attached hydrogens (tertiary/aromatic N) is 6. The summed E-state index contributed by atoms with van der Waals surface area (Å²) in [7, 11) is 0. The average molecular weight is 864 g/mol. The summed E-state index contributed by atoms with van der Waals surface area (Å²) in [4.78, 5) is 39.6. The molecule has 4 aromatic heterocycles. The van der Waals surface area contributed by atoms with Crippen LogP contribution >= 0.6 is 22.7 Å². The number of hydrogen-bond acceptors (Lipinski definition) is 13. The fraction of sp³-hybridized carbons (Fsp3) is 0.435. The van der Waals surface area contributed by atoms with Gasteiger partial charge in [0.15, 0.2) is 5.76 Å². The average Bonchev–Trinajstić information content (AvgIpc) is 4.07. The molecular formula is C46H53N7O6S2. The normalized spacial score (nSPS) is 18.5. The van der Waals surface area contributed by atoms with Crippen LogP contribution in [0.5, 0.6) is 11.6 Å². The Morgan fingerprint density at radius 3 is 2.52 bits per heavy atom. The maximum Gasteiger partial charge on any atom is 0.254 e. The molecule has 8 rings (SSSR count). The number of aliphatic hydroxyl groups is 1. The Morgan fingerprint density at radius 2 is 1.80 bits per heavy atom. The molecule has 2 amide bonds. The third-order valence-corrected chi connectivity index (χ3v) is 14.5. The van der Waals surface area contributed by atoms with Gasteiger partial charge in [0.25, 0.3) is 5.88 Å². The fourth-order valence-corrected chi connectivity index (χ4v) is 10.8. The lowest BCUT2D eigenvalue weighted by Crippen LogP contribution is -2.48. The molecule has 13 nitrogen and oxygen atoms in total. The highest BCUT2D eigenvalue weighted by molar-refractivity contribution is 7.19. The van der Waals surface area contributed by atoms with Gasteiger partial charge in [-0.2, -0.15) is 0 Å². The lowest BCUT2D eigenvalue weighted by Gasteiger charge is -2.31. The van der Waals surface area contributed by atoms with Gasteiger partial charge in [-0.05, 0) is 105 Å². The molecule has 6 heterocycles. The van der Waals surface area contributed by atoms with E-state index in [2.05, 4.69) is 37.5 Å². The minimum Gasteiger partial charge on any atom is -0.507 e. The van der Waals surface area contributed by atoms with Gasteiger partial charge in [0.05, 0.1) is 40.5 Å². The van der Waals surface area contributed by atoms with Gasteiger partial charge in [-0.15, -0.1) is 32.9 Å². The summed E-state index contributed by atoms with van der Waals surface area (Å²) in [6, 6.07) is 17.9. The molecule has 0 bridgehead atoms. The maximum absolute atomic E-state index is 14.2. The van der Waals surface area contributed by atoms with Crippen LogP contribution in [0, 0.1) is 19.8 Å². The van der Waals surface area contributed by atoms with Gasteiger partial charge < -0.3 is 34.6 Å². The number of aromatic hydroxyl groups is 1. The molecule has 3 N–H and O–H groups in total. The van der Waals surface area contributed by atoms with E-state index in [0.717, 1.165) is 70.8 Å². The number of β-amino-alcohol motifs (C(OH)–C–C–N with tert-alkyl or cyclic N) is 1. The molecular weight excluding hydrogens is 811 g/mol. The first kappa shape index (κ1) is 42.5. The molecule has 0 aliphatic carbocycles. The summed E-state index contributed by atoms with van der Waals surface area (Å²) in [6.45, 7) is 13.3. The number of piperidine rings is 1. The summed E-state index contributed by atoms with van der Waals surface area (Å²) >= 11 is 3.32. The zero-order chi connectivity index (χ0) is 42.8. The molecule has 320 valence electrons. The van der Waals surface area contributed by atoms with Crippen LogP contribution in [0.4, 0.5) is 0 Å². The van der Waals surface area contributed by atoms with Gasteiger partial charge in [-0.3, -0.25) is 9.59 Å². The molecule has 61 heavy (non-hydrogen) atoms. The number of benzene rings is 2. The summed E-state index contributed by atoms with van der Waals surface area (Å²) in [5.41, 5.74) is 7.43. The molecule has 6 aromatic rings. The zero-order valence-corrected chi connectivity index (χ0v) is 36.8. The number of likely N-dealkylation sites (tertiary alicyclic amines) is 2. The Morgan fingerprint density at radius 1 is 1.03 bits per heavy atom. The number of carbonyl (C=O) groups excluding carboxylic acids is 2. The summed E-state index contributed by atoms with van der Waals surface area (Å²) in [6.07, 6.45) is 2.27. The van der Waals surface area contributed by atoms with E-state index in [1.54, 1.807) is 40.9 Å². The predicted molar refractivity (Wildman–Crippen MR) is 237 cm³/mol. The number of thiazole rings is 1. The Labute approximate surface area is 363 Å². The molecule has 0 spiro atoms. The Kier molecular flexibility index (Phi) is 12.8. The standard InChI is InChI=1S/C46H53N7O6S2/c1-26(2)41(46(57)53-24-33(54)21-37(53)44(56)48-28(4)30-11-13-31(14-12-30)43-29(5)47-25-60-43)39-23-40(51-59-39)58-20-8-17-52-18-15-32(16-19-52)42-27(3)35-22-36(49-50-45(35)61-42)34-9-6-7-10-38(34)55/h6-7,9-14,22-23,25-26,28,32-33,37,41,54-55H,8,15-21,24H2,1-5H3,(H,48,56)/t28-,33+,37-,41+/m0/s1. The van der Waals surface area contributed by atoms with Crippen LogP contribution in [-0.4, -0.2) is 97.1 Å². The third-order valence-electron chi connectivity index (χ3n) is 12.1. The monoisotopic (exact) mass is 863 g/mol. The highest BCUT2D eigenvalue weighted by atomic mass is 32.1. The van der Waals surface area contributed by atoms with Crippen LogP contribution in [0.25, 0.3) is 31.9 Å². The van der Waals surface area contributed by atoms with Gasteiger partial charge in [0, 0.05) is 41.4 Å². The highest BCUT2D eigenvalue weighted by Crippen LogP contribution is 2.41. The van der Waals surface area contributed by atoms with Crippen molar-refractivity contribution in [2.75, 3.05) is 32.8 Å². The van der Waals surface area contributed by atoms with E-state index >= 15 is 0 Å². The molecule has 2 saturated heterocycles. The van der Waals surface area contributed by atoms with Crippen molar-refractivity contribution in [2.24, 2.45) is 5.92 Å². The number of phenols is 1. The highest BCUT2D eigenvalue weighted by Gasteiger charge is 2.43. The minimum absolute atomic E-state index is 0.0618. The number of carbonyl (C=O) groups is 2. The van der Waals surface area contributed by atoms with E-state index < -0.39 is 18.1 Å². The smallest absolute Gasteiger partial charge is 0.254 e. The van der Waals surface area contributed by atoms with Crippen molar-refractivity contribution in [1.29, 1.82) is 0 Å². The van der Waals surface area contributed by atoms with Crippen LogP contribution < -0.4 is 10.1 Å². The number of ether oxygens (including phenoxy) is 1. The largest absolute Gasteiger partial charge is 0.507 e. The number of aryl methyl sites for hydroxylation is 2. The molecule has 0 unspecified atom stereocenters. The van der Waals surface area contributed by atoms with Gasteiger partial charge in [-0.1, -0.05) is 50.2 Å². The van der Waals surface area contributed by atoms with E-state index in [4.69, 9.17) is 9.26 Å². The number of para-hydroxylation sites is 1. The van der Waals surface area contributed by atoms with Crippen molar-refractivity contribution in [1.82, 2.24) is 35.5 Å². The number of hydrogen-bond donors (Lipinski definition) is 3. The maximum atomic E-state index is 14.2. The fourth-order valence-electron chi connectivity index (χ4n) is 8.73. The third kappa shape index (κ3) is 9.20. The summed E-state index contributed by atoms with van der Waals surface area (Å²) < 4.78 is 11.7. The van der Waals surface area contributed by atoms with Crippen LogP contribution in [-0.2, 0) is 9.59 Å². The Bertz CT molecular complexity index is 2470. The topological polar surface area (TPSA) is 167 Å². The number of thiophene rings is 1. The first-order valence-corrected chi connectivity index (χ1v) is 22.8. The number of aliphatic hydroxyl groups excluding tert-OH is 1. The van der Waals surface area contributed by atoms with E-state index in [0.29, 0.717) is 35.4 Å². The van der Waals surface area contributed by atoms with E-state index in [-0.39, 0.29) is 42.5 Å². The van der Waals surface area contributed by atoms with Crippen molar-refractivity contribution in [2.45, 2.75) is 90.3 Å². The van der Waals surface area contributed by atoms with Crippen molar-refractivity contribution >= 4 is 44.7 Å². The Balaban J connectivity index is 0.816. The first-order valence-electron chi connectivity index (χ1n) is 21.1. The second kappa shape index (κ2) is 18.4. The van der Waals surface area contributed by atoms with Gasteiger partial charge in [0.1, 0.15) is 22.5 Å². The van der Waals surface area contributed by atoms with Gasteiger partial charge in [-0.25, -0.2) is 4.98 Å². The first-order chi connectivity index (χ1) is 29.4. The van der Waals surface area contributed by atoms with Crippen molar-refractivity contribution in [3.05, 3.63) is 93.6 Å². The number of amides is 2. The summed E-state index contributed by atoms with van der Waals surface area (Å²) in [5, 5.41) is 38.3. The van der Waals surface area contributed by atoms with Gasteiger partial charge >= 0.3 is 0 Å². The van der Waals surface area contributed by atoms with Crippen LogP contribution in [0.3, 0.4) is 0 Å². The van der Waals surface area contributed by atoms with Crippen molar-refractivity contribution < 1.29 is 29.1 Å². The van der Waals surface area contributed by atoms with Crippen molar-refractivity contribution in [3.63, 3.8) is 0 Å². The molecule has 0 saturated carbocycles. The predicted octanol–water partition coefficient (Wildman–Crippen LogP) is 8.02. The molecule has 2 aromatic carbocycles. The Hall–Kier alpha value is -5.22. The second-order valence-corrected chi connectivity index (χ2v) is 18.6. The number of fused-ring (bicyclic) bond motifs is 1. The number of rotatable bonds is 14. The lowest BCUT2D eigenvalue weighted by molar-refractivity contribution is -0.141. The van der Waals surface area contributed by atoms with E-state index in [1.165, 1.54) is 15.3 Å². The molecule has 2 aliphatic rings. The van der Waals surface area contributed by atoms with E-state index in [1.807, 2.05) is 75.7 Å². The van der Waals surface area contributed by atoms with Crippen LogP contribution in [0.2, 0.25) is 0 Å². The minimum atomic E-state index is -0.818. The van der Waals surface area contributed by atoms with Gasteiger partial charge in [0.2, 0.25) is 11.8 Å². The SMILES string of the molecule is Cc1ncsc1-c1ccc([C@H](C)NC(=O)[C@@H]2C[C@@H](O)CN2C(=O)[C@@H](c2cc(OCCCN3CCC(c4sc5nnc(-c6ccccc6O)cc5c4C)CC3)no2)C(C)C)cc1. The second-order valence-electron chi connectivity index (χ2n) is 16.7. The van der Waals surface area contributed by atoms with Crippen LogP contribution in [0.1, 0.15) is 91.8 Å². The molecule has 4 atom stereocenters. The molecule has 15 heteroatoms. The molecule has 0 radical (unpaired) electrons. The number of phenolic OH excluding ortho intramolecular Hbond substituents is 1.